The fourth-order valence-electron chi connectivity index (χ4n) is 2.45. The summed E-state index contributed by atoms with van der Waals surface area (Å²) in [7, 11) is 0. The quantitative estimate of drug-likeness (QED) is 0.680. The summed E-state index contributed by atoms with van der Waals surface area (Å²) in [6, 6.07) is 2.07. The van der Waals surface area contributed by atoms with Crippen LogP contribution in [0.4, 0.5) is 14.5 Å². The molecule has 3 rings (SSSR count). The highest BCUT2D eigenvalue weighted by molar-refractivity contribution is 7.19. The Morgan fingerprint density at radius 2 is 1.88 bits per heavy atom. The Kier molecular flexibility index (Phi) is 4.67. The lowest BCUT2D eigenvalue weighted by atomic mass is 10.1. The zero-order valence-corrected chi connectivity index (χ0v) is 14.7. The summed E-state index contributed by atoms with van der Waals surface area (Å²) in [5.74, 6) is -1.19. The minimum Gasteiger partial charge on any atom is -0.397 e. The Morgan fingerprint density at radius 3 is 2.62 bits per heavy atom. The summed E-state index contributed by atoms with van der Waals surface area (Å²) in [6.07, 6.45) is 0. The zero-order chi connectivity index (χ0) is 17.4. The van der Waals surface area contributed by atoms with E-state index in [1.54, 1.807) is 0 Å². The van der Waals surface area contributed by atoms with Gasteiger partial charge in [-0.05, 0) is 31.5 Å². The molecule has 3 N–H and O–H groups in total. The van der Waals surface area contributed by atoms with Crippen LogP contribution in [0.5, 0.6) is 0 Å². The third kappa shape index (κ3) is 2.94. The first-order chi connectivity index (χ1) is 11.4. The van der Waals surface area contributed by atoms with Crippen molar-refractivity contribution in [3.05, 3.63) is 50.5 Å². The van der Waals surface area contributed by atoms with Crippen LogP contribution in [0.25, 0.3) is 10.2 Å². The molecule has 0 aliphatic heterocycles. The van der Waals surface area contributed by atoms with Crippen molar-refractivity contribution in [1.29, 1.82) is 0 Å². The lowest BCUT2D eigenvalue weighted by Crippen LogP contribution is -2.14. The number of halogens is 3. The minimum atomic E-state index is -0.641. The van der Waals surface area contributed by atoms with Crippen LogP contribution >= 0.6 is 22.9 Å². The molecule has 0 radical (unpaired) electrons. The molecule has 2 aromatic heterocycles. The van der Waals surface area contributed by atoms with E-state index in [-0.39, 0.29) is 17.1 Å². The second kappa shape index (κ2) is 6.58. The van der Waals surface area contributed by atoms with E-state index in [2.05, 4.69) is 15.5 Å². The van der Waals surface area contributed by atoms with Crippen LogP contribution in [0.1, 0.15) is 21.7 Å². The first-order valence-corrected chi connectivity index (χ1v) is 8.43. The number of rotatable bonds is 4. The van der Waals surface area contributed by atoms with Crippen molar-refractivity contribution in [1.82, 2.24) is 15.5 Å². The van der Waals surface area contributed by atoms with Crippen molar-refractivity contribution >= 4 is 38.8 Å². The normalized spacial score (nSPS) is 11.4. The molecule has 0 saturated carbocycles. The van der Waals surface area contributed by atoms with Crippen molar-refractivity contribution in [2.24, 2.45) is 0 Å². The van der Waals surface area contributed by atoms with Gasteiger partial charge in [-0.1, -0.05) is 11.6 Å². The van der Waals surface area contributed by atoms with E-state index >= 15 is 0 Å². The first kappa shape index (κ1) is 17.0. The van der Waals surface area contributed by atoms with Crippen molar-refractivity contribution in [2.75, 3.05) is 5.73 Å². The molecule has 3 aromatic rings. The highest BCUT2D eigenvalue weighted by Gasteiger charge is 2.16. The molecule has 0 aliphatic carbocycles. The maximum atomic E-state index is 13.8. The molecular weight excluding hydrogens is 354 g/mol. The number of nitrogens with one attached hydrogen (secondary N) is 1. The number of nitrogen functional groups attached to an aromatic ring is 1. The topological polar surface area (TPSA) is 63.8 Å². The van der Waals surface area contributed by atoms with Gasteiger partial charge in [0.05, 0.1) is 16.4 Å². The van der Waals surface area contributed by atoms with E-state index in [1.807, 2.05) is 13.8 Å². The number of fused-ring (bicyclic) bond motifs is 1. The Hall–Kier alpha value is -1.83. The number of aryl methyl sites for hydroxylation is 2. The molecule has 0 amide bonds. The fourth-order valence-corrected chi connectivity index (χ4v) is 3.74. The summed E-state index contributed by atoms with van der Waals surface area (Å²) < 4.78 is 27.2. The molecule has 1 aromatic carbocycles. The van der Waals surface area contributed by atoms with Gasteiger partial charge in [-0.15, -0.1) is 16.4 Å². The average Bonchev–Trinajstić information content (AvgIpc) is 2.87. The van der Waals surface area contributed by atoms with Crippen LogP contribution < -0.4 is 11.1 Å². The van der Waals surface area contributed by atoms with Gasteiger partial charge in [-0.25, -0.2) is 8.78 Å². The van der Waals surface area contributed by atoms with Gasteiger partial charge >= 0.3 is 0 Å². The van der Waals surface area contributed by atoms with E-state index in [0.717, 1.165) is 38.5 Å². The predicted molar refractivity (Wildman–Crippen MR) is 93.2 cm³/mol. The molecule has 8 heteroatoms. The molecular formula is C16H15ClF2N4S. The second-order valence-electron chi connectivity index (χ2n) is 5.45. The molecule has 0 fully saturated rings. The Morgan fingerprint density at radius 1 is 1.17 bits per heavy atom. The monoisotopic (exact) mass is 368 g/mol. The second-order valence-corrected chi connectivity index (χ2v) is 6.92. The molecule has 4 nitrogen and oxygen atoms in total. The molecule has 24 heavy (non-hydrogen) atoms. The van der Waals surface area contributed by atoms with E-state index in [1.165, 1.54) is 11.3 Å². The molecule has 0 bridgehead atoms. The van der Waals surface area contributed by atoms with E-state index in [4.69, 9.17) is 17.3 Å². The van der Waals surface area contributed by atoms with E-state index in [9.17, 15) is 8.78 Å². The summed E-state index contributed by atoms with van der Waals surface area (Å²) in [5, 5.41) is 12.0. The maximum absolute atomic E-state index is 13.8. The lowest BCUT2D eigenvalue weighted by Gasteiger charge is -2.08. The SMILES string of the molecule is Cc1nnc2sc(CNCc3c(F)ccc(F)c3Cl)c(N)c2c1C. The van der Waals surface area contributed by atoms with Crippen LogP contribution in [0.15, 0.2) is 12.1 Å². The number of anilines is 1. The highest BCUT2D eigenvalue weighted by Crippen LogP contribution is 2.34. The van der Waals surface area contributed by atoms with Gasteiger partial charge in [0.2, 0.25) is 0 Å². The standard InChI is InChI=1S/C16H15ClF2N4S/c1-7-8(2)22-23-16-13(7)15(20)12(24-16)6-21-5-9-10(18)3-4-11(19)14(9)17/h3-4,21H,5-6,20H2,1-2H3. The predicted octanol–water partition coefficient (Wildman–Crippen LogP) is 4.11. The largest absolute Gasteiger partial charge is 0.397 e. The molecule has 0 aliphatic rings. The van der Waals surface area contributed by atoms with E-state index < -0.39 is 11.6 Å². The van der Waals surface area contributed by atoms with Gasteiger partial charge in [-0.3, -0.25) is 0 Å². The number of nitrogens with two attached hydrogens (primary N) is 1. The first-order valence-electron chi connectivity index (χ1n) is 7.24. The van der Waals surface area contributed by atoms with Gasteiger partial charge in [0, 0.05) is 28.9 Å². The van der Waals surface area contributed by atoms with E-state index in [0.29, 0.717) is 12.2 Å². The van der Waals surface area contributed by atoms with Crippen LogP contribution in [-0.2, 0) is 13.1 Å². The molecule has 0 atom stereocenters. The van der Waals surface area contributed by atoms with Crippen LogP contribution in [0, 0.1) is 25.5 Å². The number of benzene rings is 1. The lowest BCUT2D eigenvalue weighted by molar-refractivity contribution is 0.570. The van der Waals surface area contributed by atoms with Gasteiger partial charge in [0.15, 0.2) is 0 Å². The van der Waals surface area contributed by atoms with Crippen molar-refractivity contribution in [3.63, 3.8) is 0 Å². The smallest absolute Gasteiger partial charge is 0.148 e. The molecule has 126 valence electrons. The van der Waals surface area contributed by atoms with Gasteiger partial charge in [-0.2, -0.15) is 5.10 Å². The maximum Gasteiger partial charge on any atom is 0.148 e. The number of thiophene rings is 1. The average molecular weight is 369 g/mol. The van der Waals surface area contributed by atoms with Crippen molar-refractivity contribution in [3.8, 4) is 0 Å². The summed E-state index contributed by atoms with van der Waals surface area (Å²) in [6.45, 7) is 4.33. The third-order valence-electron chi connectivity index (χ3n) is 3.94. The van der Waals surface area contributed by atoms with Gasteiger partial charge < -0.3 is 11.1 Å². The Balaban J connectivity index is 1.81. The van der Waals surface area contributed by atoms with Gasteiger partial charge in [0.25, 0.3) is 0 Å². The fraction of sp³-hybridized carbons (Fsp3) is 0.250. The molecule has 0 saturated heterocycles. The molecule has 0 spiro atoms. The van der Waals surface area contributed by atoms with Crippen molar-refractivity contribution < 1.29 is 8.78 Å². The summed E-state index contributed by atoms with van der Waals surface area (Å²) >= 11 is 7.25. The molecule has 2 heterocycles. The molecule has 0 unspecified atom stereocenters. The summed E-state index contributed by atoms with van der Waals surface area (Å²) in [4.78, 5) is 1.64. The minimum absolute atomic E-state index is 0.0970. The number of hydrogen-bond donors (Lipinski definition) is 2. The Bertz CT molecular complexity index is 926. The van der Waals surface area contributed by atoms with Crippen LogP contribution in [-0.4, -0.2) is 10.2 Å². The van der Waals surface area contributed by atoms with Gasteiger partial charge in [0.1, 0.15) is 16.5 Å². The summed E-state index contributed by atoms with van der Waals surface area (Å²) in [5.41, 5.74) is 8.79. The third-order valence-corrected chi connectivity index (χ3v) is 5.44. The van der Waals surface area contributed by atoms with Crippen LogP contribution in [0.2, 0.25) is 5.02 Å². The number of nitrogens with zero attached hydrogens (tertiary/aromatic N) is 2. The van der Waals surface area contributed by atoms with Crippen LogP contribution in [0.3, 0.4) is 0 Å². The number of aromatic nitrogens is 2. The zero-order valence-electron chi connectivity index (χ0n) is 13.1. The highest BCUT2D eigenvalue weighted by atomic mass is 35.5. The van der Waals surface area contributed by atoms with Crippen molar-refractivity contribution in [2.45, 2.75) is 26.9 Å². The Labute approximate surface area is 146 Å². The number of hydrogen-bond acceptors (Lipinski definition) is 5.